The minimum Gasteiger partial charge on any atom is -0.462 e. The molecule has 1 atom stereocenters. The van der Waals surface area contributed by atoms with Crippen molar-refractivity contribution >= 4 is 39.3 Å². The Hall–Kier alpha value is -1.14. The molecule has 1 aliphatic carbocycles. The Bertz CT molecular complexity index is 697. The maximum Gasteiger partial charge on any atom is 0.319 e. The molecule has 2 aromatic heterocycles. The van der Waals surface area contributed by atoms with Crippen LogP contribution in [-0.2, 0) is 22.4 Å². The molecule has 0 aromatic carbocycles. The first-order valence-electron chi connectivity index (χ1n) is 7.68. The second-order valence-corrected chi connectivity index (χ2v) is 8.23. The van der Waals surface area contributed by atoms with E-state index in [0.717, 1.165) is 28.1 Å². The standard InChI is InChI=1S/C16H20N2O2S2/c1-9(2)20-16(19)10(3)21-14-13-11-6-4-5-7-12(11)22-15(13)18-8-17-14/h8-10H,4-7H2,1-3H3. The summed E-state index contributed by atoms with van der Waals surface area (Å²) < 4.78 is 5.29. The number of carbonyl (C=O) groups excluding carboxylic acids is 1. The number of aryl methyl sites for hydroxylation is 2. The summed E-state index contributed by atoms with van der Waals surface area (Å²) in [5.41, 5.74) is 1.40. The van der Waals surface area contributed by atoms with Gasteiger partial charge in [0.1, 0.15) is 21.4 Å². The summed E-state index contributed by atoms with van der Waals surface area (Å²) in [6, 6.07) is 0. The van der Waals surface area contributed by atoms with Crippen LogP contribution in [0.3, 0.4) is 0 Å². The second-order valence-electron chi connectivity index (χ2n) is 5.82. The van der Waals surface area contributed by atoms with E-state index in [1.807, 2.05) is 20.8 Å². The zero-order valence-electron chi connectivity index (χ0n) is 13.1. The van der Waals surface area contributed by atoms with Gasteiger partial charge in [0.15, 0.2) is 0 Å². The number of hydrogen-bond donors (Lipinski definition) is 0. The molecule has 2 aromatic rings. The van der Waals surface area contributed by atoms with Gasteiger partial charge in [0.25, 0.3) is 0 Å². The van der Waals surface area contributed by atoms with Crippen LogP contribution in [0.25, 0.3) is 10.2 Å². The van der Waals surface area contributed by atoms with Crippen LogP contribution in [-0.4, -0.2) is 27.3 Å². The second kappa shape index (κ2) is 6.54. The van der Waals surface area contributed by atoms with Gasteiger partial charge in [-0.1, -0.05) is 11.8 Å². The summed E-state index contributed by atoms with van der Waals surface area (Å²) >= 11 is 3.26. The number of thiophene rings is 1. The van der Waals surface area contributed by atoms with Crippen LogP contribution in [0, 0.1) is 0 Å². The topological polar surface area (TPSA) is 52.1 Å². The lowest BCUT2D eigenvalue weighted by Crippen LogP contribution is -2.20. The fraction of sp³-hybridized carbons (Fsp3) is 0.562. The van der Waals surface area contributed by atoms with E-state index < -0.39 is 0 Å². The van der Waals surface area contributed by atoms with Gasteiger partial charge >= 0.3 is 5.97 Å². The predicted molar refractivity (Wildman–Crippen MR) is 90.6 cm³/mol. The van der Waals surface area contributed by atoms with Crippen molar-refractivity contribution in [2.45, 2.75) is 62.8 Å². The quantitative estimate of drug-likeness (QED) is 0.480. The fourth-order valence-electron chi connectivity index (χ4n) is 2.69. The first-order chi connectivity index (χ1) is 10.6. The highest BCUT2D eigenvalue weighted by Gasteiger charge is 2.23. The van der Waals surface area contributed by atoms with Gasteiger partial charge in [-0.2, -0.15) is 0 Å². The van der Waals surface area contributed by atoms with Crippen molar-refractivity contribution in [2.75, 3.05) is 0 Å². The molecular formula is C16H20N2O2S2. The first-order valence-corrected chi connectivity index (χ1v) is 9.38. The van der Waals surface area contributed by atoms with Crippen LogP contribution in [0.15, 0.2) is 11.4 Å². The Balaban J connectivity index is 1.90. The zero-order chi connectivity index (χ0) is 15.7. The average molecular weight is 336 g/mol. The molecule has 2 heterocycles. The van der Waals surface area contributed by atoms with Crippen LogP contribution in [0.2, 0.25) is 0 Å². The summed E-state index contributed by atoms with van der Waals surface area (Å²) in [4.78, 5) is 23.4. The van der Waals surface area contributed by atoms with Gasteiger partial charge < -0.3 is 4.74 Å². The highest BCUT2D eigenvalue weighted by atomic mass is 32.2. The van der Waals surface area contributed by atoms with Crippen LogP contribution < -0.4 is 0 Å². The lowest BCUT2D eigenvalue weighted by atomic mass is 9.97. The van der Waals surface area contributed by atoms with Gasteiger partial charge in [0, 0.05) is 10.3 Å². The Morgan fingerprint density at radius 1 is 1.27 bits per heavy atom. The number of thioether (sulfide) groups is 1. The molecule has 0 bridgehead atoms. The van der Waals surface area contributed by atoms with E-state index in [9.17, 15) is 4.79 Å². The molecule has 0 saturated heterocycles. The summed E-state index contributed by atoms with van der Waals surface area (Å²) in [5, 5.41) is 1.81. The SMILES string of the molecule is CC(C)OC(=O)C(C)Sc1ncnc2sc3c(c12)CCCC3. The number of esters is 1. The van der Waals surface area contributed by atoms with Crippen LogP contribution in [0.5, 0.6) is 0 Å². The Kier molecular flexibility index (Phi) is 4.68. The Morgan fingerprint density at radius 2 is 2.05 bits per heavy atom. The molecule has 0 spiro atoms. The summed E-state index contributed by atoms with van der Waals surface area (Å²) in [6.45, 7) is 5.61. The van der Waals surface area contributed by atoms with Crippen molar-refractivity contribution in [1.29, 1.82) is 0 Å². The first kappa shape index (κ1) is 15.7. The van der Waals surface area contributed by atoms with Gasteiger partial charge in [0.05, 0.1) is 6.10 Å². The lowest BCUT2D eigenvalue weighted by Gasteiger charge is -2.14. The molecule has 0 fully saturated rings. The molecular weight excluding hydrogens is 316 g/mol. The predicted octanol–water partition coefficient (Wildman–Crippen LogP) is 4.00. The number of aromatic nitrogens is 2. The fourth-order valence-corrected chi connectivity index (χ4v) is 4.92. The summed E-state index contributed by atoms with van der Waals surface area (Å²) in [6.07, 6.45) is 6.24. The van der Waals surface area contributed by atoms with E-state index in [1.165, 1.54) is 35.0 Å². The Morgan fingerprint density at radius 3 is 2.82 bits per heavy atom. The third-order valence-electron chi connectivity index (χ3n) is 3.69. The van der Waals surface area contributed by atoms with Crippen molar-refractivity contribution in [3.05, 3.63) is 16.8 Å². The monoisotopic (exact) mass is 336 g/mol. The minimum atomic E-state index is -0.264. The average Bonchev–Trinajstić information content (AvgIpc) is 2.85. The van der Waals surface area contributed by atoms with Gasteiger partial charge in [-0.05, 0) is 52.0 Å². The van der Waals surface area contributed by atoms with Gasteiger partial charge in [-0.15, -0.1) is 11.3 Å². The number of ether oxygens (including phenoxy) is 1. The van der Waals surface area contributed by atoms with Crippen molar-refractivity contribution in [1.82, 2.24) is 9.97 Å². The van der Waals surface area contributed by atoms with Gasteiger partial charge in [-0.25, -0.2) is 9.97 Å². The molecule has 0 radical (unpaired) electrons. The minimum absolute atomic E-state index is 0.0881. The van der Waals surface area contributed by atoms with E-state index in [1.54, 1.807) is 17.7 Å². The van der Waals surface area contributed by atoms with E-state index in [2.05, 4.69) is 9.97 Å². The highest BCUT2D eigenvalue weighted by molar-refractivity contribution is 8.00. The van der Waals surface area contributed by atoms with E-state index in [4.69, 9.17) is 4.74 Å². The number of rotatable bonds is 4. The van der Waals surface area contributed by atoms with Gasteiger partial charge in [0.2, 0.25) is 0 Å². The lowest BCUT2D eigenvalue weighted by molar-refractivity contribution is -0.146. The van der Waals surface area contributed by atoms with Crippen LogP contribution >= 0.6 is 23.1 Å². The third-order valence-corrected chi connectivity index (χ3v) is 5.97. The number of hydrogen-bond acceptors (Lipinski definition) is 6. The Labute approximate surface area is 138 Å². The van der Waals surface area contributed by atoms with Crippen molar-refractivity contribution < 1.29 is 9.53 Å². The number of carbonyl (C=O) groups is 1. The molecule has 118 valence electrons. The molecule has 3 rings (SSSR count). The molecule has 1 unspecified atom stereocenters. The highest BCUT2D eigenvalue weighted by Crippen LogP contribution is 2.40. The number of fused-ring (bicyclic) bond motifs is 3. The van der Waals surface area contributed by atoms with Crippen molar-refractivity contribution in [2.24, 2.45) is 0 Å². The van der Waals surface area contributed by atoms with Crippen molar-refractivity contribution in [3.8, 4) is 0 Å². The summed E-state index contributed by atoms with van der Waals surface area (Å²) in [7, 11) is 0. The smallest absolute Gasteiger partial charge is 0.319 e. The van der Waals surface area contributed by atoms with Gasteiger partial charge in [-0.3, -0.25) is 4.79 Å². The van der Waals surface area contributed by atoms with E-state index in [-0.39, 0.29) is 17.3 Å². The van der Waals surface area contributed by atoms with E-state index >= 15 is 0 Å². The molecule has 0 saturated carbocycles. The third kappa shape index (κ3) is 3.13. The number of nitrogens with zero attached hydrogens (tertiary/aromatic N) is 2. The zero-order valence-corrected chi connectivity index (χ0v) is 14.7. The molecule has 4 nitrogen and oxygen atoms in total. The molecule has 0 N–H and O–H groups in total. The maximum atomic E-state index is 12.0. The summed E-state index contributed by atoms with van der Waals surface area (Å²) in [5.74, 6) is -0.184. The molecule has 1 aliphatic rings. The van der Waals surface area contributed by atoms with Crippen LogP contribution in [0.1, 0.15) is 44.1 Å². The van der Waals surface area contributed by atoms with E-state index in [0.29, 0.717) is 0 Å². The van der Waals surface area contributed by atoms with Crippen LogP contribution in [0.4, 0.5) is 0 Å². The molecule has 0 aliphatic heterocycles. The molecule has 22 heavy (non-hydrogen) atoms. The molecule has 0 amide bonds. The maximum absolute atomic E-state index is 12.0. The molecule has 6 heteroatoms. The largest absolute Gasteiger partial charge is 0.462 e. The normalized spacial score (nSPS) is 15.8. The van der Waals surface area contributed by atoms with Crippen molar-refractivity contribution in [3.63, 3.8) is 0 Å².